The normalized spacial score (nSPS) is 18.4. The molecule has 1 unspecified atom stereocenters. The summed E-state index contributed by atoms with van der Waals surface area (Å²) in [6.45, 7) is 2.83. The molecule has 2 N–H and O–H groups in total. The van der Waals surface area contributed by atoms with Gasteiger partial charge in [0.15, 0.2) is 0 Å². The summed E-state index contributed by atoms with van der Waals surface area (Å²) >= 11 is 0. The van der Waals surface area contributed by atoms with Crippen LogP contribution in [-0.2, 0) is 4.74 Å². The zero-order chi connectivity index (χ0) is 14.5. The largest absolute Gasteiger partial charge is 0.374 e. The van der Waals surface area contributed by atoms with Gasteiger partial charge in [-0.05, 0) is 12.1 Å². The van der Waals surface area contributed by atoms with Crippen molar-refractivity contribution in [3.05, 3.63) is 48.3 Å². The highest BCUT2D eigenvalue weighted by Crippen LogP contribution is 2.07. The Morgan fingerprint density at radius 2 is 2.29 bits per heavy atom. The van der Waals surface area contributed by atoms with E-state index in [2.05, 4.69) is 15.7 Å². The first-order chi connectivity index (χ1) is 10.3. The molecule has 0 saturated carbocycles. The molecule has 110 valence electrons. The standard InChI is InChI=1S/C15H18N4O2/c20-15(17-10-14-9-16-6-7-21-14)12-8-18-19(11-12)13-4-2-1-3-5-13/h1-5,8,11,14,16H,6-7,9-10H2,(H,17,20). The van der Waals surface area contributed by atoms with Gasteiger partial charge < -0.3 is 15.4 Å². The molecular formula is C15H18N4O2. The van der Waals surface area contributed by atoms with E-state index in [1.165, 1.54) is 0 Å². The minimum absolute atomic E-state index is 0.0341. The van der Waals surface area contributed by atoms with Crippen LogP contribution in [0, 0.1) is 0 Å². The fraction of sp³-hybridized carbons (Fsp3) is 0.333. The number of nitrogens with zero attached hydrogens (tertiary/aromatic N) is 2. The van der Waals surface area contributed by atoms with Gasteiger partial charge in [0.25, 0.3) is 5.91 Å². The highest BCUT2D eigenvalue weighted by atomic mass is 16.5. The van der Waals surface area contributed by atoms with Crippen LogP contribution in [0.2, 0.25) is 0 Å². The lowest BCUT2D eigenvalue weighted by atomic mass is 10.3. The molecule has 21 heavy (non-hydrogen) atoms. The number of hydrogen-bond acceptors (Lipinski definition) is 4. The van der Waals surface area contributed by atoms with Crippen LogP contribution in [0.5, 0.6) is 0 Å². The van der Waals surface area contributed by atoms with E-state index in [1.54, 1.807) is 17.1 Å². The molecular weight excluding hydrogens is 268 g/mol. The molecule has 2 heterocycles. The second kappa shape index (κ2) is 6.51. The highest BCUT2D eigenvalue weighted by molar-refractivity contribution is 5.93. The third-order valence-corrected chi connectivity index (χ3v) is 3.36. The number of aromatic nitrogens is 2. The molecule has 1 aromatic heterocycles. The first kappa shape index (κ1) is 13.8. The number of carbonyl (C=O) groups is 1. The van der Waals surface area contributed by atoms with E-state index in [9.17, 15) is 4.79 Å². The average molecular weight is 286 g/mol. The van der Waals surface area contributed by atoms with Crippen LogP contribution in [0.4, 0.5) is 0 Å². The van der Waals surface area contributed by atoms with Gasteiger partial charge in [-0.1, -0.05) is 18.2 Å². The maximum Gasteiger partial charge on any atom is 0.254 e. The van der Waals surface area contributed by atoms with E-state index in [1.807, 2.05) is 30.3 Å². The second-order valence-corrected chi connectivity index (χ2v) is 4.92. The lowest BCUT2D eigenvalue weighted by Crippen LogP contribution is -2.45. The number of carbonyl (C=O) groups excluding carboxylic acids is 1. The predicted molar refractivity (Wildman–Crippen MR) is 78.5 cm³/mol. The molecule has 1 saturated heterocycles. The number of ether oxygens (including phenoxy) is 1. The molecule has 0 radical (unpaired) electrons. The Bertz CT molecular complexity index is 591. The number of nitrogens with one attached hydrogen (secondary N) is 2. The van der Waals surface area contributed by atoms with Crippen molar-refractivity contribution in [1.29, 1.82) is 0 Å². The summed E-state index contributed by atoms with van der Waals surface area (Å²) in [4.78, 5) is 12.1. The molecule has 1 aliphatic rings. The van der Waals surface area contributed by atoms with Crippen molar-refractivity contribution in [2.75, 3.05) is 26.2 Å². The van der Waals surface area contributed by atoms with Gasteiger partial charge >= 0.3 is 0 Å². The zero-order valence-electron chi connectivity index (χ0n) is 11.7. The van der Waals surface area contributed by atoms with E-state index in [0.717, 1.165) is 18.8 Å². The van der Waals surface area contributed by atoms with Crippen LogP contribution >= 0.6 is 0 Å². The lowest BCUT2D eigenvalue weighted by molar-refractivity contribution is 0.0287. The predicted octanol–water partition coefficient (Wildman–Crippen LogP) is 0.591. The Balaban J connectivity index is 1.59. The molecule has 6 heteroatoms. The maximum atomic E-state index is 12.1. The van der Waals surface area contributed by atoms with Gasteiger partial charge in [0.05, 0.1) is 30.2 Å². The molecule has 1 fully saturated rings. The van der Waals surface area contributed by atoms with E-state index in [0.29, 0.717) is 18.7 Å². The van der Waals surface area contributed by atoms with Crippen molar-refractivity contribution < 1.29 is 9.53 Å². The van der Waals surface area contributed by atoms with E-state index in [4.69, 9.17) is 4.74 Å². The third kappa shape index (κ3) is 3.48. The maximum absolute atomic E-state index is 12.1. The quantitative estimate of drug-likeness (QED) is 0.863. The molecule has 0 spiro atoms. The SMILES string of the molecule is O=C(NCC1CNCCO1)c1cnn(-c2ccccc2)c1. The summed E-state index contributed by atoms with van der Waals surface area (Å²) in [5.74, 6) is -0.133. The molecule has 6 nitrogen and oxygen atoms in total. The number of para-hydroxylation sites is 1. The van der Waals surface area contributed by atoms with Crippen molar-refractivity contribution in [2.45, 2.75) is 6.10 Å². The average Bonchev–Trinajstić information content (AvgIpc) is 3.04. The molecule has 1 aliphatic heterocycles. The van der Waals surface area contributed by atoms with E-state index < -0.39 is 0 Å². The molecule has 2 aromatic rings. The zero-order valence-corrected chi connectivity index (χ0v) is 11.7. The number of hydrogen-bond donors (Lipinski definition) is 2. The van der Waals surface area contributed by atoms with Gasteiger partial charge in [0, 0.05) is 25.8 Å². The van der Waals surface area contributed by atoms with Crippen molar-refractivity contribution >= 4 is 5.91 Å². The van der Waals surface area contributed by atoms with Gasteiger partial charge in [-0.3, -0.25) is 4.79 Å². The summed E-state index contributed by atoms with van der Waals surface area (Å²) in [5, 5.41) is 10.3. The molecule has 0 aliphatic carbocycles. The molecule has 3 rings (SSSR count). The van der Waals surface area contributed by atoms with Crippen molar-refractivity contribution in [3.63, 3.8) is 0 Å². The number of amides is 1. The fourth-order valence-electron chi connectivity index (χ4n) is 2.22. The Hall–Kier alpha value is -2.18. The molecule has 1 atom stereocenters. The van der Waals surface area contributed by atoms with Crippen LogP contribution in [0.1, 0.15) is 10.4 Å². The summed E-state index contributed by atoms with van der Waals surface area (Å²) in [6.07, 6.45) is 3.33. The van der Waals surface area contributed by atoms with Crippen molar-refractivity contribution in [1.82, 2.24) is 20.4 Å². The Morgan fingerprint density at radius 3 is 3.05 bits per heavy atom. The van der Waals surface area contributed by atoms with Gasteiger partial charge in [-0.25, -0.2) is 4.68 Å². The van der Waals surface area contributed by atoms with Gasteiger partial charge in [0.2, 0.25) is 0 Å². The number of morpholine rings is 1. The fourth-order valence-corrected chi connectivity index (χ4v) is 2.22. The van der Waals surface area contributed by atoms with E-state index >= 15 is 0 Å². The topological polar surface area (TPSA) is 68.2 Å². The Labute approximate surface area is 123 Å². The van der Waals surface area contributed by atoms with Crippen LogP contribution in [0.15, 0.2) is 42.7 Å². The van der Waals surface area contributed by atoms with Crippen LogP contribution in [0.25, 0.3) is 5.69 Å². The summed E-state index contributed by atoms with van der Waals surface area (Å²) in [6, 6.07) is 9.69. The van der Waals surface area contributed by atoms with Crippen molar-refractivity contribution in [2.24, 2.45) is 0 Å². The minimum Gasteiger partial charge on any atom is -0.374 e. The highest BCUT2D eigenvalue weighted by Gasteiger charge is 2.15. The summed E-state index contributed by atoms with van der Waals surface area (Å²) in [5.41, 5.74) is 1.47. The first-order valence-electron chi connectivity index (χ1n) is 7.03. The number of rotatable bonds is 4. The summed E-state index contributed by atoms with van der Waals surface area (Å²) < 4.78 is 7.23. The van der Waals surface area contributed by atoms with Gasteiger partial charge in [-0.15, -0.1) is 0 Å². The number of benzene rings is 1. The molecule has 1 amide bonds. The Kier molecular flexibility index (Phi) is 4.28. The van der Waals surface area contributed by atoms with Crippen LogP contribution < -0.4 is 10.6 Å². The lowest BCUT2D eigenvalue weighted by Gasteiger charge is -2.23. The summed E-state index contributed by atoms with van der Waals surface area (Å²) in [7, 11) is 0. The van der Waals surface area contributed by atoms with Crippen molar-refractivity contribution in [3.8, 4) is 5.69 Å². The smallest absolute Gasteiger partial charge is 0.254 e. The molecule has 1 aromatic carbocycles. The monoisotopic (exact) mass is 286 g/mol. The second-order valence-electron chi connectivity index (χ2n) is 4.92. The minimum atomic E-state index is -0.133. The molecule has 0 bridgehead atoms. The van der Waals surface area contributed by atoms with E-state index in [-0.39, 0.29) is 12.0 Å². The third-order valence-electron chi connectivity index (χ3n) is 3.36. The van der Waals surface area contributed by atoms with Gasteiger partial charge in [-0.2, -0.15) is 5.10 Å². The van der Waals surface area contributed by atoms with Crippen LogP contribution in [-0.4, -0.2) is 48.0 Å². The van der Waals surface area contributed by atoms with Crippen LogP contribution in [0.3, 0.4) is 0 Å². The Morgan fingerprint density at radius 1 is 1.43 bits per heavy atom. The van der Waals surface area contributed by atoms with Gasteiger partial charge in [0.1, 0.15) is 0 Å². The first-order valence-corrected chi connectivity index (χ1v) is 7.03.